The van der Waals surface area contributed by atoms with E-state index < -0.39 is 5.41 Å². The third-order valence-corrected chi connectivity index (χ3v) is 11.8. The molecule has 2 heteroatoms. The first-order valence-corrected chi connectivity index (χ1v) is 19.6. The molecule has 0 N–H and O–H groups in total. The molecule has 1 aliphatic rings. The number of hydrogen-bond donors (Lipinski definition) is 0. The van der Waals surface area contributed by atoms with Crippen LogP contribution in [0.1, 0.15) is 22.3 Å². The lowest BCUT2D eigenvalue weighted by atomic mass is 9.67. The summed E-state index contributed by atoms with van der Waals surface area (Å²) in [5, 5.41) is 2.18. The fraction of sp³-hybridized carbons (Fsp3) is 0.0182. The molecule has 0 saturated heterocycles. The van der Waals surface area contributed by atoms with Crippen LogP contribution in [0.25, 0.3) is 55.3 Å². The lowest BCUT2D eigenvalue weighted by Crippen LogP contribution is -2.31. The van der Waals surface area contributed by atoms with Crippen LogP contribution in [-0.4, -0.2) is 0 Å². The van der Waals surface area contributed by atoms with Gasteiger partial charge in [0.1, 0.15) is 5.58 Å². The molecule has 0 aliphatic heterocycles. The highest BCUT2D eigenvalue weighted by Gasteiger charge is 2.48. The maximum absolute atomic E-state index is 7.11. The molecule has 0 spiro atoms. The molecular weight excluding hydrogens is 691 g/mol. The van der Waals surface area contributed by atoms with Crippen LogP contribution in [0.2, 0.25) is 0 Å². The fourth-order valence-electron chi connectivity index (χ4n) is 9.25. The standard InChI is InChI=1S/C55H37NO/c1-4-16-38(17-5-1)40-28-32-43(33-29-40)56(44-34-30-41(31-35-44)39-18-6-2-7-19-39)53-51(37-36-48-47-24-12-15-27-52(47)57-54(48)53)55(42-20-8-3-9-21-42)49-25-13-10-22-45(49)46-23-11-14-26-50(46)55/h1-37H. The molecule has 0 atom stereocenters. The van der Waals surface area contributed by atoms with Gasteiger partial charge in [-0.3, -0.25) is 0 Å². The lowest BCUT2D eigenvalue weighted by Gasteiger charge is -2.38. The van der Waals surface area contributed by atoms with E-state index in [2.05, 4.69) is 229 Å². The predicted molar refractivity (Wildman–Crippen MR) is 237 cm³/mol. The summed E-state index contributed by atoms with van der Waals surface area (Å²) < 4.78 is 7.11. The first-order valence-electron chi connectivity index (χ1n) is 19.6. The SMILES string of the molecule is c1ccc(-c2ccc(N(c3ccc(-c4ccccc4)cc3)c3c(C4(c5ccccc5)c5ccccc5-c5ccccc54)ccc4c3oc3ccccc34)cc2)cc1. The van der Waals surface area contributed by atoms with E-state index in [0.29, 0.717) is 0 Å². The highest BCUT2D eigenvalue weighted by molar-refractivity contribution is 6.12. The minimum atomic E-state index is -0.664. The van der Waals surface area contributed by atoms with Crippen LogP contribution in [0, 0.1) is 0 Å². The molecule has 11 rings (SSSR count). The van der Waals surface area contributed by atoms with E-state index in [9.17, 15) is 0 Å². The van der Waals surface area contributed by atoms with Crippen molar-refractivity contribution in [1.29, 1.82) is 0 Å². The lowest BCUT2D eigenvalue weighted by molar-refractivity contribution is 0.666. The summed E-state index contributed by atoms with van der Waals surface area (Å²) >= 11 is 0. The van der Waals surface area contributed by atoms with Crippen molar-refractivity contribution in [2.45, 2.75) is 5.41 Å². The summed E-state index contributed by atoms with van der Waals surface area (Å²) in [6, 6.07) is 81.1. The molecule has 0 unspecified atom stereocenters. The highest BCUT2D eigenvalue weighted by Crippen LogP contribution is 2.60. The van der Waals surface area contributed by atoms with Gasteiger partial charge in [0.2, 0.25) is 0 Å². The van der Waals surface area contributed by atoms with Gasteiger partial charge in [-0.15, -0.1) is 0 Å². The normalized spacial score (nSPS) is 12.7. The predicted octanol–water partition coefficient (Wildman–Crippen LogP) is 14.8. The van der Waals surface area contributed by atoms with Crippen molar-refractivity contribution < 1.29 is 4.42 Å². The molecule has 0 radical (unpaired) electrons. The topological polar surface area (TPSA) is 16.4 Å². The van der Waals surface area contributed by atoms with E-state index in [1.807, 2.05) is 0 Å². The Kier molecular flexibility index (Phi) is 7.75. The van der Waals surface area contributed by atoms with Crippen molar-refractivity contribution >= 4 is 39.0 Å². The van der Waals surface area contributed by atoms with Crippen LogP contribution in [0.4, 0.5) is 17.1 Å². The molecular formula is C55H37NO. The molecule has 0 saturated carbocycles. The Bertz CT molecular complexity index is 2910. The van der Waals surface area contributed by atoms with Crippen molar-refractivity contribution in [2.75, 3.05) is 4.90 Å². The molecule has 0 bridgehead atoms. The van der Waals surface area contributed by atoms with Crippen LogP contribution >= 0.6 is 0 Å². The highest BCUT2D eigenvalue weighted by atomic mass is 16.3. The Balaban J connectivity index is 1.26. The maximum Gasteiger partial charge on any atom is 0.159 e. The summed E-state index contributed by atoms with van der Waals surface area (Å²) in [7, 11) is 0. The van der Waals surface area contributed by atoms with Gasteiger partial charge < -0.3 is 9.32 Å². The van der Waals surface area contributed by atoms with E-state index in [4.69, 9.17) is 4.42 Å². The fourth-order valence-corrected chi connectivity index (χ4v) is 9.25. The number of anilines is 3. The van der Waals surface area contributed by atoms with Gasteiger partial charge in [-0.25, -0.2) is 0 Å². The third kappa shape index (κ3) is 5.18. The average molecular weight is 728 g/mol. The van der Waals surface area contributed by atoms with E-state index in [1.165, 1.54) is 50.1 Å². The minimum Gasteiger partial charge on any atom is -0.454 e. The van der Waals surface area contributed by atoms with Crippen LogP contribution in [0.15, 0.2) is 229 Å². The molecule has 57 heavy (non-hydrogen) atoms. The van der Waals surface area contributed by atoms with Crippen molar-refractivity contribution in [2.24, 2.45) is 0 Å². The summed E-state index contributed by atoms with van der Waals surface area (Å²) in [6.45, 7) is 0. The average Bonchev–Trinajstić information content (AvgIpc) is 3.82. The van der Waals surface area contributed by atoms with Gasteiger partial charge in [-0.2, -0.15) is 0 Å². The summed E-state index contributed by atoms with van der Waals surface area (Å²) in [5.41, 5.74) is 16.2. The zero-order valence-corrected chi connectivity index (χ0v) is 31.2. The van der Waals surface area contributed by atoms with Gasteiger partial charge in [-0.05, 0) is 92.0 Å². The Labute approximate surface area is 332 Å². The summed E-state index contributed by atoms with van der Waals surface area (Å²) in [5.74, 6) is 0. The van der Waals surface area contributed by atoms with Crippen LogP contribution in [-0.2, 0) is 5.41 Å². The van der Waals surface area contributed by atoms with Crippen LogP contribution < -0.4 is 4.90 Å². The second kappa shape index (κ2) is 13.4. The zero-order chi connectivity index (χ0) is 37.8. The Morgan fingerprint density at radius 2 is 0.789 bits per heavy atom. The number of nitrogens with zero attached hydrogens (tertiary/aromatic N) is 1. The van der Waals surface area contributed by atoms with E-state index >= 15 is 0 Å². The number of hydrogen-bond acceptors (Lipinski definition) is 2. The number of furan rings is 1. The molecule has 9 aromatic carbocycles. The first kappa shape index (κ1) is 33.0. The Morgan fingerprint density at radius 1 is 0.333 bits per heavy atom. The van der Waals surface area contributed by atoms with E-state index in [-0.39, 0.29) is 0 Å². The molecule has 0 fully saturated rings. The minimum absolute atomic E-state index is 0.664. The summed E-state index contributed by atoms with van der Waals surface area (Å²) in [6.07, 6.45) is 0. The molecule has 268 valence electrons. The van der Waals surface area contributed by atoms with Crippen molar-refractivity contribution in [1.82, 2.24) is 0 Å². The number of rotatable bonds is 7. The monoisotopic (exact) mass is 727 g/mol. The van der Waals surface area contributed by atoms with E-state index in [1.54, 1.807) is 0 Å². The molecule has 1 heterocycles. The van der Waals surface area contributed by atoms with Gasteiger partial charge in [0.15, 0.2) is 5.58 Å². The summed E-state index contributed by atoms with van der Waals surface area (Å²) in [4.78, 5) is 2.43. The van der Waals surface area contributed by atoms with Crippen molar-refractivity contribution in [3.8, 4) is 33.4 Å². The van der Waals surface area contributed by atoms with E-state index in [0.717, 1.165) is 44.6 Å². The van der Waals surface area contributed by atoms with Crippen LogP contribution in [0.3, 0.4) is 0 Å². The van der Waals surface area contributed by atoms with Crippen molar-refractivity contribution in [3.63, 3.8) is 0 Å². The number of fused-ring (bicyclic) bond motifs is 6. The molecule has 2 nitrogen and oxygen atoms in total. The second-order valence-electron chi connectivity index (χ2n) is 14.8. The quantitative estimate of drug-likeness (QED) is 0.163. The maximum atomic E-state index is 7.11. The van der Waals surface area contributed by atoms with Crippen molar-refractivity contribution in [3.05, 3.63) is 247 Å². The largest absolute Gasteiger partial charge is 0.454 e. The van der Waals surface area contributed by atoms with Crippen LogP contribution in [0.5, 0.6) is 0 Å². The molecule has 10 aromatic rings. The van der Waals surface area contributed by atoms with Gasteiger partial charge in [0, 0.05) is 22.1 Å². The van der Waals surface area contributed by atoms with Gasteiger partial charge in [0.05, 0.1) is 11.1 Å². The Hall–Kier alpha value is -7.42. The second-order valence-corrected chi connectivity index (χ2v) is 14.8. The molecule has 1 aromatic heterocycles. The third-order valence-electron chi connectivity index (χ3n) is 11.8. The zero-order valence-electron chi connectivity index (χ0n) is 31.2. The number of benzene rings is 9. The number of para-hydroxylation sites is 1. The molecule has 1 aliphatic carbocycles. The smallest absolute Gasteiger partial charge is 0.159 e. The van der Waals surface area contributed by atoms with Gasteiger partial charge in [-0.1, -0.05) is 188 Å². The van der Waals surface area contributed by atoms with Gasteiger partial charge in [0.25, 0.3) is 0 Å². The van der Waals surface area contributed by atoms with Gasteiger partial charge >= 0.3 is 0 Å². The first-order chi connectivity index (χ1) is 28.3. The Morgan fingerprint density at radius 3 is 1.35 bits per heavy atom. The molecule has 0 amide bonds.